The number of likely N-dealkylation sites (tertiary alicyclic amines) is 1. The summed E-state index contributed by atoms with van der Waals surface area (Å²) in [5.41, 5.74) is 5.64. The van der Waals surface area contributed by atoms with Crippen LogP contribution in [-0.2, 0) is 4.74 Å². The lowest BCUT2D eigenvalue weighted by Crippen LogP contribution is -2.55. The molecule has 5 heteroatoms. The van der Waals surface area contributed by atoms with Gasteiger partial charge in [0.2, 0.25) is 0 Å². The standard InChI is InChI=1S/C10H18N2O2.ClH/c1-9(2,3)14-8(13)12-5-10(6-12)4-7(10)11;/h7H,4-6,11H2,1-3H3;1H. The first kappa shape index (κ1) is 12.6. The second-order valence-corrected chi connectivity index (χ2v) is 5.51. The van der Waals surface area contributed by atoms with Crippen molar-refractivity contribution in [2.45, 2.75) is 38.8 Å². The van der Waals surface area contributed by atoms with Crippen LogP contribution in [0.15, 0.2) is 0 Å². The van der Waals surface area contributed by atoms with Crippen molar-refractivity contribution in [3.63, 3.8) is 0 Å². The highest BCUT2D eigenvalue weighted by atomic mass is 35.5. The van der Waals surface area contributed by atoms with Gasteiger partial charge in [0.25, 0.3) is 0 Å². The number of carbonyl (C=O) groups excluding carboxylic acids is 1. The quantitative estimate of drug-likeness (QED) is 0.689. The van der Waals surface area contributed by atoms with Crippen molar-refractivity contribution in [3.05, 3.63) is 0 Å². The number of nitrogens with zero attached hydrogens (tertiary/aromatic N) is 1. The Morgan fingerprint density at radius 1 is 1.47 bits per heavy atom. The Bertz CT molecular complexity index is 269. The van der Waals surface area contributed by atoms with Gasteiger partial charge in [-0.2, -0.15) is 0 Å². The van der Waals surface area contributed by atoms with E-state index in [1.54, 1.807) is 4.90 Å². The maximum atomic E-state index is 11.5. The predicted octanol–water partition coefficient (Wildman–Crippen LogP) is 1.38. The molecule has 2 aliphatic rings. The average molecular weight is 235 g/mol. The molecule has 1 atom stereocenters. The highest BCUT2D eigenvalue weighted by Gasteiger charge is 2.61. The molecule has 0 aromatic carbocycles. The lowest BCUT2D eigenvalue weighted by molar-refractivity contribution is -0.00701. The van der Waals surface area contributed by atoms with E-state index < -0.39 is 5.60 Å². The van der Waals surface area contributed by atoms with Gasteiger partial charge in [-0.1, -0.05) is 0 Å². The first-order valence-corrected chi connectivity index (χ1v) is 5.06. The second-order valence-electron chi connectivity index (χ2n) is 5.51. The number of ether oxygens (including phenoxy) is 1. The number of halogens is 1. The number of carbonyl (C=O) groups is 1. The molecule has 1 unspecified atom stereocenters. The molecule has 1 spiro atoms. The molecule has 1 aliphatic heterocycles. The van der Waals surface area contributed by atoms with E-state index in [-0.39, 0.29) is 23.9 Å². The number of rotatable bonds is 0. The third kappa shape index (κ3) is 2.37. The van der Waals surface area contributed by atoms with E-state index in [0.717, 1.165) is 19.5 Å². The van der Waals surface area contributed by atoms with Crippen LogP contribution in [0.25, 0.3) is 0 Å². The Morgan fingerprint density at radius 3 is 2.27 bits per heavy atom. The number of hydrogen-bond donors (Lipinski definition) is 1. The lowest BCUT2D eigenvalue weighted by atomic mass is 9.96. The van der Waals surface area contributed by atoms with Crippen LogP contribution in [0.5, 0.6) is 0 Å². The molecule has 2 N–H and O–H groups in total. The molecule has 1 saturated carbocycles. The van der Waals surface area contributed by atoms with Gasteiger partial charge in [-0.25, -0.2) is 4.79 Å². The highest BCUT2D eigenvalue weighted by Crippen LogP contribution is 2.51. The third-order valence-corrected chi connectivity index (χ3v) is 2.92. The van der Waals surface area contributed by atoms with Crippen LogP contribution in [-0.4, -0.2) is 35.7 Å². The van der Waals surface area contributed by atoms with Crippen molar-refractivity contribution in [2.75, 3.05) is 13.1 Å². The molecule has 1 heterocycles. The van der Waals surface area contributed by atoms with E-state index in [4.69, 9.17) is 10.5 Å². The molecule has 1 saturated heterocycles. The molecule has 0 bridgehead atoms. The zero-order valence-corrected chi connectivity index (χ0v) is 10.3. The molecule has 88 valence electrons. The molecular weight excluding hydrogens is 216 g/mol. The summed E-state index contributed by atoms with van der Waals surface area (Å²) in [6.45, 7) is 7.20. The first-order valence-electron chi connectivity index (χ1n) is 5.06. The third-order valence-electron chi connectivity index (χ3n) is 2.92. The summed E-state index contributed by atoms with van der Waals surface area (Å²) in [4.78, 5) is 13.3. The van der Waals surface area contributed by atoms with Gasteiger partial charge in [-0.3, -0.25) is 0 Å². The van der Waals surface area contributed by atoms with E-state index in [9.17, 15) is 4.79 Å². The average Bonchev–Trinajstić information content (AvgIpc) is 2.53. The molecule has 1 aliphatic carbocycles. The SMILES string of the molecule is CC(C)(C)OC(=O)N1CC2(CC2N)C1.Cl. The summed E-state index contributed by atoms with van der Waals surface area (Å²) < 4.78 is 5.24. The molecule has 15 heavy (non-hydrogen) atoms. The number of amides is 1. The summed E-state index contributed by atoms with van der Waals surface area (Å²) >= 11 is 0. The molecule has 1 amide bonds. The van der Waals surface area contributed by atoms with Gasteiger partial charge >= 0.3 is 6.09 Å². The van der Waals surface area contributed by atoms with Crippen LogP contribution in [0.2, 0.25) is 0 Å². The smallest absolute Gasteiger partial charge is 0.410 e. The van der Waals surface area contributed by atoms with Crippen molar-refractivity contribution >= 4 is 18.5 Å². The topological polar surface area (TPSA) is 55.6 Å². The van der Waals surface area contributed by atoms with Crippen LogP contribution in [0.3, 0.4) is 0 Å². The summed E-state index contributed by atoms with van der Waals surface area (Å²) in [6.07, 6.45) is 0.856. The predicted molar refractivity (Wildman–Crippen MR) is 60.1 cm³/mol. The highest BCUT2D eigenvalue weighted by molar-refractivity contribution is 5.85. The van der Waals surface area contributed by atoms with Gasteiger partial charge in [0, 0.05) is 24.5 Å². The fourth-order valence-electron chi connectivity index (χ4n) is 1.91. The van der Waals surface area contributed by atoms with Crippen molar-refractivity contribution in [1.29, 1.82) is 0 Å². The molecule has 2 rings (SSSR count). The first-order chi connectivity index (χ1) is 6.32. The van der Waals surface area contributed by atoms with E-state index in [2.05, 4.69) is 0 Å². The Labute approximate surface area is 96.5 Å². The van der Waals surface area contributed by atoms with Crippen LogP contribution >= 0.6 is 12.4 Å². The van der Waals surface area contributed by atoms with Crippen LogP contribution < -0.4 is 5.73 Å². The Hall–Kier alpha value is -0.480. The minimum absolute atomic E-state index is 0. The van der Waals surface area contributed by atoms with Gasteiger partial charge in [-0.05, 0) is 27.2 Å². The molecule has 4 nitrogen and oxygen atoms in total. The molecule has 0 radical (unpaired) electrons. The van der Waals surface area contributed by atoms with E-state index in [1.165, 1.54) is 0 Å². The summed E-state index contributed by atoms with van der Waals surface area (Å²) in [7, 11) is 0. The van der Waals surface area contributed by atoms with Gasteiger partial charge in [-0.15, -0.1) is 12.4 Å². The summed E-state index contributed by atoms with van der Waals surface area (Å²) in [6, 6.07) is 0.307. The Kier molecular flexibility index (Phi) is 2.96. The fraction of sp³-hybridized carbons (Fsp3) is 0.900. The van der Waals surface area contributed by atoms with Gasteiger partial charge in [0.1, 0.15) is 5.60 Å². The maximum absolute atomic E-state index is 11.5. The normalized spacial score (nSPS) is 26.7. The molecule has 0 aromatic rings. The van der Waals surface area contributed by atoms with Crippen LogP contribution in [0.4, 0.5) is 4.79 Å². The van der Waals surface area contributed by atoms with Gasteiger partial charge in [0.15, 0.2) is 0 Å². The van der Waals surface area contributed by atoms with Crippen molar-refractivity contribution < 1.29 is 9.53 Å². The Morgan fingerprint density at radius 2 is 1.93 bits per heavy atom. The monoisotopic (exact) mass is 234 g/mol. The van der Waals surface area contributed by atoms with E-state index >= 15 is 0 Å². The maximum Gasteiger partial charge on any atom is 0.410 e. The summed E-state index contributed by atoms with van der Waals surface area (Å²) in [5.74, 6) is 0. The van der Waals surface area contributed by atoms with Crippen molar-refractivity contribution in [1.82, 2.24) is 4.90 Å². The second kappa shape index (κ2) is 3.52. The van der Waals surface area contributed by atoms with Gasteiger partial charge < -0.3 is 15.4 Å². The van der Waals surface area contributed by atoms with Crippen LogP contribution in [0.1, 0.15) is 27.2 Å². The van der Waals surface area contributed by atoms with Crippen molar-refractivity contribution in [2.24, 2.45) is 11.1 Å². The minimum atomic E-state index is -0.397. The van der Waals surface area contributed by atoms with Crippen molar-refractivity contribution in [3.8, 4) is 0 Å². The lowest BCUT2D eigenvalue weighted by Gasteiger charge is -2.40. The fourth-order valence-corrected chi connectivity index (χ4v) is 1.91. The molecular formula is C10H19ClN2O2. The zero-order valence-electron chi connectivity index (χ0n) is 9.45. The molecule has 2 fully saturated rings. The van der Waals surface area contributed by atoms with Crippen LogP contribution in [0, 0.1) is 5.41 Å². The zero-order chi connectivity index (χ0) is 10.6. The minimum Gasteiger partial charge on any atom is -0.444 e. The number of hydrogen-bond acceptors (Lipinski definition) is 3. The van der Waals surface area contributed by atoms with E-state index in [1.807, 2.05) is 20.8 Å². The Balaban J connectivity index is 0.00000112. The largest absolute Gasteiger partial charge is 0.444 e. The number of nitrogens with two attached hydrogens (primary N) is 1. The molecule has 0 aromatic heterocycles. The van der Waals surface area contributed by atoms with Gasteiger partial charge in [0.05, 0.1) is 0 Å². The summed E-state index contributed by atoms with van der Waals surface area (Å²) in [5, 5.41) is 0. The van der Waals surface area contributed by atoms with E-state index in [0.29, 0.717) is 6.04 Å².